The molecule has 0 saturated carbocycles. The van der Waals surface area contributed by atoms with E-state index in [-0.39, 0.29) is 11.8 Å². The minimum absolute atomic E-state index is 0.322. The molecular weight excluding hydrogens is 238 g/mol. The highest BCUT2D eigenvalue weighted by Gasteiger charge is 2.18. The Kier molecular flexibility index (Phi) is 4.18. The molecule has 19 heavy (non-hydrogen) atoms. The summed E-state index contributed by atoms with van der Waals surface area (Å²) >= 11 is 0. The van der Waals surface area contributed by atoms with Crippen LogP contribution in [-0.4, -0.2) is 13.0 Å². The van der Waals surface area contributed by atoms with Gasteiger partial charge in [0.2, 0.25) is 5.91 Å². The van der Waals surface area contributed by atoms with Crippen LogP contribution in [0, 0.1) is 0 Å². The molecule has 1 unspecified atom stereocenters. The molecule has 1 amide bonds. The van der Waals surface area contributed by atoms with Crippen molar-refractivity contribution in [3.05, 3.63) is 65.7 Å². The third-order valence-electron chi connectivity index (χ3n) is 3.12. The fraction of sp³-hybridized carbons (Fsp3) is 0.188. The number of nitrogens with two attached hydrogens (primary N) is 1. The van der Waals surface area contributed by atoms with Crippen molar-refractivity contribution in [3.63, 3.8) is 0 Å². The molecule has 0 saturated heterocycles. The Hall–Kier alpha value is -2.29. The van der Waals surface area contributed by atoms with E-state index in [4.69, 9.17) is 10.5 Å². The monoisotopic (exact) mass is 255 g/mol. The highest BCUT2D eigenvalue weighted by molar-refractivity contribution is 5.82. The molecule has 3 nitrogen and oxygen atoms in total. The van der Waals surface area contributed by atoms with E-state index in [9.17, 15) is 4.79 Å². The predicted octanol–water partition coefficient (Wildman–Crippen LogP) is 2.51. The van der Waals surface area contributed by atoms with Crippen LogP contribution in [0.1, 0.15) is 17.0 Å². The zero-order valence-corrected chi connectivity index (χ0v) is 10.9. The zero-order chi connectivity index (χ0) is 13.7. The van der Waals surface area contributed by atoms with Gasteiger partial charge in [-0.05, 0) is 29.7 Å². The third kappa shape index (κ3) is 3.35. The fourth-order valence-electron chi connectivity index (χ4n) is 2.09. The van der Waals surface area contributed by atoms with Gasteiger partial charge in [-0.25, -0.2) is 0 Å². The van der Waals surface area contributed by atoms with Crippen molar-refractivity contribution in [2.24, 2.45) is 5.73 Å². The molecule has 2 rings (SSSR count). The molecule has 0 aromatic heterocycles. The van der Waals surface area contributed by atoms with E-state index in [2.05, 4.69) is 0 Å². The Morgan fingerprint density at radius 2 is 1.89 bits per heavy atom. The van der Waals surface area contributed by atoms with Crippen molar-refractivity contribution in [3.8, 4) is 5.75 Å². The third-order valence-corrected chi connectivity index (χ3v) is 3.12. The van der Waals surface area contributed by atoms with Crippen LogP contribution in [0.4, 0.5) is 0 Å². The Labute approximate surface area is 113 Å². The van der Waals surface area contributed by atoms with Gasteiger partial charge in [0.25, 0.3) is 0 Å². The first-order valence-corrected chi connectivity index (χ1v) is 6.18. The molecule has 0 spiro atoms. The van der Waals surface area contributed by atoms with Gasteiger partial charge in [-0.1, -0.05) is 42.5 Å². The molecule has 2 N–H and O–H groups in total. The second-order valence-corrected chi connectivity index (χ2v) is 4.42. The van der Waals surface area contributed by atoms with Gasteiger partial charge >= 0.3 is 0 Å². The molecule has 0 fully saturated rings. The lowest BCUT2D eigenvalue weighted by atomic mass is 9.91. The quantitative estimate of drug-likeness (QED) is 0.892. The number of amides is 1. The van der Waals surface area contributed by atoms with E-state index < -0.39 is 0 Å². The number of rotatable bonds is 5. The lowest BCUT2D eigenvalue weighted by Gasteiger charge is -2.14. The van der Waals surface area contributed by atoms with Crippen molar-refractivity contribution >= 4 is 5.91 Å². The number of methoxy groups -OCH3 is 1. The van der Waals surface area contributed by atoms with Gasteiger partial charge in [0.05, 0.1) is 13.0 Å². The van der Waals surface area contributed by atoms with Crippen molar-refractivity contribution in [1.29, 1.82) is 0 Å². The number of carbonyl (C=O) groups is 1. The molecule has 0 aliphatic rings. The van der Waals surface area contributed by atoms with Gasteiger partial charge in [0.15, 0.2) is 0 Å². The molecule has 0 heterocycles. The van der Waals surface area contributed by atoms with Crippen molar-refractivity contribution in [2.45, 2.75) is 12.3 Å². The van der Waals surface area contributed by atoms with Gasteiger partial charge in [0.1, 0.15) is 5.75 Å². The summed E-state index contributed by atoms with van der Waals surface area (Å²) in [5.74, 6) is 0.0754. The Balaban J connectivity index is 2.27. The molecule has 0 radical (unpaired) electrons. The summed E-state index contributed by atoms with van der Waals surface area (Å²) in [5, 5.41) is 0. The smallest absolute Gasteiger partial charge is 0.225 e. The van der Waals surface area contributed by atoms with Crippen LogP contribution in [0.5, 0.6) is 5.75 Å². The average Bonchev–Trinajstić information content (AvgIpc) is 2.45. The largest absolute Gasteiger partial charge is 0.497 e. The molecule has 3 heteroatoms. The predicted molar refractivity (Wildman–Crippen MR) is 75.1 cm³/mol. The molecule has 2 aromatic rings. The summed E-state index contributed by atoms with van der Waals surface area (Å²) in [4.78, 5) is 11.7. The fourth-order valence-corrected chi connectivity index (χ4v) is 2.09. The number of hydrogen-bond acceptors (Lipinski definition) is 2. The number of carbonyl (C=O) groups excluding carboxylic acids is 1. The number of hydrogen-bond donors (Lipinski definition) is 1. The minimum Gasteiger partial charge on any atom is -0.497 e. The molecule has 98 valence electrons. The minimum atomic E-state index is -0.336. The summed E-state index contributed by atoms with van der Waals surface area (Å²) in [6, 6.07) is 17.3. The maximum atomic E-state index is 11.7. The van der Waals surface area contributed by atoms with E-state index in [1.54, 1.807) is 7.11 Å². The summed E-state index contributed by atoms with van der Waals surface area (Å²) in [7, 11) is 1.61. The van der Waals surface area contributed by atoms with Crippen LogP contribution in [0.15, 0.2) is 54.6 Å². The van der Waals surface area contributed by atoms with E-state index >= 15 is 0 Å². The summed E-state index contributed by atoms with van der Waals surface area (Å²) in [5.41, 5.74) is 7.51. The van der Waals surface area contributed by atoms with Crippen LogP contribution in [0.25, 0.3) is 0 Å². The van der Waals surface area contributed by atoms with Crippen molar-refractivity contribution in [2.75, 3.05) is 7.11 Å². The van der Waals surface area contributed by atoms with E-state index in [1.165, 1.54) is 0 Å². The maximum absolute atomic E-state index is 11.7. The maximum Gasteiger partial charge on any atom is 0.225 e. The first-order chi connectivity index (χ1) is 9.20. The first-order valence-electron chi connectivity index (χ1n) is 6.18. The van der Waals surface area contributed by atoms with E-state index in [1.807, 2.05) is 54.6 Å². The Morgan fingerprint density at radius 3 is 2.53 bits per heavy atom. The van der Waals surface area contributed by atoms with Gasteiger partial charge < -0.3 is 10.5 Å². The van der Waals surface area contributed by atoms with Crippen molar-refractivity contribution < 1.29 is 9.53 Å². The van der Waals surface area contributed by atoms with Crippen molar-refractivity contribution in [1.82, 2.24) is 0 Å². The van der Waals surface area contributed by atoms with Crippen LogP contribution < -0.4 is 10.5 Å². The van der Waals surface area contributed by atoms with Crippen LogP contribution >= 0.6 is 0 Å². The van der Waals surface area contributed by atoms with Gasteiger partial charge in [0, 0.05) is 0 Å². The van der Waals surface area contributed by atoms with Gasteiger partial charge in [-0.15, -0.1) is 0 Å². The van der Waals surface area contributed by atoms with Crippen LogP contribution in [0.2, 0.25) is 0 Å². The lowest BCUT2D eigenvalue weighted by molar-refractivity contribution is -0.119. The summed E-state index contributed by atoms with van der Waals surface area (Å²) in [6.07, 6.45) is 0.601. The second kappa shape index (κ2) is 6.05. The SMILES string of the molecule is COc1cccc(C(Cc2ccccc2)C(N)=O)c1. The normalized spacial score (nSPS) is 11.8. The van der Waals surface area contributed by atoms with E-state index in [0.29, 0.717) is 6.42 Å². The summed E-state index contributed by atoms with van der Waals surface area (Å²) in [6.45, 7) is 0. The van der Waals surface area contributed by atoms with E-state index in [0.717, 1.165) is 16.9 Å². The molecule has 2 aromatic carbocycles. The lowest BCUT2D eigenvalue weighted by Crippen LogP contribution is -2.23. The molecule has 0 aliphatic heterocycles. The first kappa shape index (κ1) is 13.1. The van der Waals surface area contributed by atoms with Crippen LogP contribution in [-0.2, 0) is 11.2 Å². The van der Waals surface area contributed by atoms with Crippen LogP contribution in [0.3, 0.4) is 0 Å². The molecule has 0 aliphatic carbocycles. The average molecular weight is 255 g/mol. The zero-order valence-electron chi connectivity index (χ0n) is 10.9. The topological polar surface area (TPSA) is 52.3 Å². The van der Waals surface area contributed by atoms with Gasteiger partial charge in [-0.3, -0.25) is 4.79 Å². The van der Waals surface area contributed by atoms with Gasteiger partial charge in [-0.2, -0.15) is 0 Å². The Morgan fingerprint density at radius 1 is 1.16 bits per heavy atom. The summed E-state index contributed by atoms with van der Waals surface area (Å²) < 4.78 is 5.18. The molecule has 0 bridgehead atoms. The second-order valence-electron chi connectivity index (χ2n) is 4.42. The highest BCUT2D eigenvalue weighted by atomic mass is 16.5. The standard InChI is InChI=1S/C16H17NO2/c1-19-14-9-5-8-13(11-14)15(16(17)18)10-12-6-3-2-4-7-12/h2-9,11,15H,10H2,1H3,(H2,17,18). The molecular formula is C16H17NO2. The molecule has 1 atom stereocenters. The number of primary amides is 1. The highest BCUT2D eigenvalue weighted by Crippen LogP contribution is 2.24. The number of ether oxygens (including phenoxy) is 1. The Bertz CT molecular complexity index is 552. The number of benzene rings is 2.